The summed E-state index contributed by atoms with van der Waals surface area (Å²) in [7, 11) is 0. The quantitative estimate of drug-likeness (QED) is 0.183. The van der Waals surface area contributed by atoms with Crippen LogP contribution >= 0.6 is 0 Å². The maximum Gasteiger partial charge on any atom is 0.0591 e. The van der Waals surface area contributed by atoms with Crippen molar-refractivity contribution < 1.29 is 0 Å². The highest BCUT2D eigenvalue weighted by atomic mass is 14.6. The van der Waals surface area contributed by atoms with E-state index in [1.54, 1.807) is 0 Å². The smallest absolute Gasteiger partial charge is 0.0591 e. The van der Waals surface area contributed by atoms with Gasteiger partial charge in [-0.3, -0.25) is 0 Å². The Kier molecular flexibility index (Phi) is 6.93. The lowest BCUT2D eigenvalue weighted by Gasteiger charge is -2.53. The van der Waals surface area contributed by atoms with Crippen molar-refractivity contribution in [3.05, 3.63) is 215 Å². The van der Waals surface area contributed by atoms with E-state index in [0.29, 0.717) is 0 Å². The maximum absolute atomic E-state index is 2.32. The Labute approximate surface area is 232 Å². The van der Waals surface area contributed by atoms with Gasteiger partial charge in [0.2, 0.25) is 0 Å². The van der Waals surface area contributed by atoms with E-state index in [-0.39, 0.29) is 0 Å². The fraction of sp³-hybridized carbons (Fsp3) is 0.0769. The van der Waals surface area contributed by atoms with E-state index >= 15 is 0 Å². The highest BCUT2D eigenvalue weighted by Gasteiger charge is 2.56. The SMILES string of the molecule is c1ccc(CC(c2ccccc2)(c2ccccc2)C(c2ccccc2)(c2ccccc2)c2ccccc2)cc1. The van der Waals surface area contributed by atoms with E-state index in [2.05, 4.69) is 182 Å². The van der Waals surface area contributed by atoms with Gasteiger partial charge in [0.1, 0.15) is 0 Å². The molecule has 0 nitrogen and oxygen atoms in total. The summed E-state index contributed by atoms with van der Waals surface area (Å²) < 4.78 is 0. The monoisotopic (exact) mass is 500 g/mol. The third-order valence-electron chi connectivity index (χ3n) is 8.11. The van der Waals surface area contributed by atoms with Crippen LogP contribution in [0, 0.1) is 0 Å². The Hall–Kier alpha value is -4.68. The highest BCUT2D eigenvalue weighted by Crippen LogP contribution is 2.58. The van der Waals surface area contributed by atoms with Crippen molar-refractivity contribution >= 4 is 0 Å². The van der Waals surface area contributed by atoms with Gasteiger partial charge in [0, 0.05) is 5.41 Å². The molecule has 0 aliphatic rings. The van der Waals surface area contributed by atoms with Crippen LogP contribution in [-0.2, 0) is 17.3 Å². The van der Waals surface area contributed by atoms with Crippen molar-refractivity contribution in [1.82, 2.24) is 0 Å². The first kappa shape index (κ1) is 24.6. The van der Waals surface area contributed by atoms with Crippen LogP contribution in [0.15, 0.2) is 182 Å². The Morgan fingerprint density at radius 2 is 0.538 bits per heavy atom. The highest BCUT2D eigenvalue weighted by molar-refractivity contribution is 5.63. The number of benzene rings is 6. The largest absolute Gasteiger partial charge is 0.0622 e. The fourth-order valence-electron chi connectivity index (χ4n) is 6.59. The lowest BCUT2D eigenvalue weighted by molar-refractivity contribution is 0.353. The minimum atomic E-state index is -0.546. The molecule has 0 saturated heterocycles. The molecular formula is C39H32. The minimum absolute atomic E-state index is 0.485. The summed E-state index contributed by atoms with van der Waals surface area (Å²) in [5, 5.41) is 0. The van der Waals surface area contributed by atoms with E-state index in [4.69, 9.17) is 0 Å². The summed E-state index contributed by atoms with van der Waals surface area (Å²) in [6, 6.07) is 66.5. The molecule has 0 aromatic heterocycles. The van der Waals surface area contributed by atoms with Crippen LogP contribution in [0.4, 0.5) is 0 Å². The average Bonchev–Trinajstić information content (AvgIpc) is 3.04. The molecule has 0 radical (unpaired) electrons. The van der Waals surface area contributed by atoms with Gasteiger partial charge in [0.05, 0.1) is 5.41 Å². The second kappa shape index (κ2) is 11.0. The van der Waals surface area contributed by atoms with Crippen LogP contribution < -0.4 is 0 Å². The predicted octanol–water partition coefficient (Wildman–Crippen LogP) is 9.25. The molecule has 6 rings (SSSR count). The zero-order valence-corrected chi connectivity index (χ0v) is 22.0. The first-order chi connectivity index (χ1) is 19.4. The second-order valence-corrected chi connectivity index (χ2v) is 10.1. The van der Waals surface area contributed by atoms with Gasteiger partial charge in [-0.15, -0.1) is 0 Å². The Balaban J connectivity index is 1.87. The van der Waals surface area contributed by atoms with Crippen molar-refractivity contribution in [2.24, 2.45) is 0 Å². The minimum Gasteiger partial charge on any atom is -0.0622 e. The van der Waals surface area contributed by atoms with Gasteiger partial charge in [-0.1, -0.05) is 182 Å². The standard InChI is InChI=1S/C39H32/c1-7-19-32(20-8-1)31-38(33-21-9-2-10-22-33,34-23-11-3-12-24-34)39(35-25-13-4-14-26-35,36-27-15-5-16-28-36)37-29-17-6-18-30-37/h1-30H,31H2. The van der Waals surface area contributed by atoms with E-state index in [9.17, 15) is 0 Å². The van der Waals surface area contributed by atoms with Crippen LogP contribution in [0.3, 0.4) is 0 Å². The maximum atomic E-state index is 2.32. The summed E-state index contributed by atoms with van der Waals surface area (Å²) in [6.07, 6.45) is 0.820. The molecule has 0 aliphatic carbocycles. The van der Waals surface area contributed by atoms with E-state index < -0.39 is 10.8 Å². The molecule has 0 saturated carbocycles. The number of rotatable bonds is 8. The predicted molar refractivity (Wildman–Crippen MR) is 163 cm³/mol. The van der Waals surface area contributed by atoms with E-state index in [1.165, 1.54) is 33.4 Å². The summed E-state index contributed by atoms with van der Waals surface area (Å²) in [5.41, 5.74) is 6.66. The van der Waals surface area contributed by atoms with Gasteiger partial charge in [-0.05, 0) is 39.8 Å². The molecule has 0 N–H and O–H groups in total. The molecule has 6 aromatic rings. The topological polar surface area (TPSA) is 0 Å². The molecule has 0 fully saturated rings. The van der Waals surface area contributed by atoms with Gasteiger partial charge < -0.3 is 0 Å². The third-order valence-corrected chi connectivity index (χ3v) is 8.11. The number of hydrogen-bond donors (Lipinski definition) is 0. The van der Waals surface area contributed by atoms with Crippen LogP contribution in [0.5, 0.6) is 0 Å². The van der Waals surface area contributed by atoms with Crippen LogP contribution in [0.25, 0.3) is 0 Å². The first-order valence-electron chi connectivity index (χ1n) is 13.7. The summed E-state index contributed by atoms with van der Waals surface area (Å²) in [6.45, 7) is 0. The van der Waals surface area contributed by atoms with Gasteiger partial charge >= 0.3 is 0 Å². The molecule has 0 heteroatoms. The Morgan fingerprint density at radius 3 is 0.846 bits per heavy atom. The third kappa shape index (κ3) is 4.29. The van der Waals surface area contributed by atoms with Crippen molar-refractivity contribution in [2.75, 3.05) is 0 Å². The van der Waals surface area contributed by atoms with Gasteiger partial charge in [0.25, 0.3) is 0 Å². The van der Waals surface area contributed by atoms with Crippen LogP contribution in [-0.4, -0.2) is 0 Å². The van der Waals surface area contributed by atoms with Crippen molar-refractivity contribution in [3.63, 3.8) is 0 Å². The normalized spacial score (nSPS) is 11.7. The molecule has 0 amide bonds. The summed E-state index contributed by atoms with van der Waals surface area (Å²) in [5.74, 6) is 0. The van der Waals surface area contributed by atoms with Gasteiger partial charge in [0.15, 0.2) is 0 Å². The fourth-order valence-corrected chi connectivity index (χ4v) is 6.59. The van der Waals surface area contributed by atoms with Gasteiger partial charge in [-0.2, -0.15) is 0 Å². The van der Waals surface area contributed by atoms with Crippen molar-refractivity contribution in [2.45, 2.75) is 17.3 Å². The van der Waals surface area contributed by atoms with E-state index in [1.807, 2.05) is 0 Å². The van der Waals surface area contributed by atoms with Crippen molar-refractivity contribution in [3.8, 4) is 0 Å². The Bertz CT molecular complexity index is 1440. The van der Waals surface area contributed by atoms with Gasteiger partial charge in [-0.25, -0.2) is 0 Å². The average molecular weight is 501 g/mol. The molecule has 0 heterocycles. The molecule has 0 aliphatic heterocycles. The summed E-state index contributed by atoms with van der Waals surface area (Å²) in [4.78, 5) is 0. The first-order valence-corrected chi connectivity index (χ1v) is 13.7. The Morgan fingerprint density at radius 1 is 0.282 bits per heavy atom. The van der Waals surface area contributed by atoms with Crippen LogP contribution in [0.2, 0.25) is 0 Å². The van der Waals surface area contributed by atoms with Crippen molar-refractivity contribution in [1.29, 1.82) is 0 Å². The van der Waals surface area contributed by atoms with Crippen LogP contribution in [0.1, 0.15) is 33.4 Å². The molecule has 0 atom stereocenters. The molecule has 0 spiro atoms. The molecule has 6 aromatic carbocycles. The molecule has 39 heavy (non-hydrogen) atoms. The second-order valence-electron chi connectivity index (χ2n) is 10.1. The molecular weight excluding hydrogens is 468 g/mol. The number of hydrogen-bond acceptors (Lipinski definition) is 0. The molecule has 0 bridgehead atoms. The molecule has 188 valence electrons. The summed E-state index contributed by atoms with van der Waals surface area (Å²) >= 11 is 0. The zero-order valence-electron chi connectivity index (χ0n) is 22.0. The molecule has 0 unspecified atom stereocenters. The van der Waals surface area contributed by atoms with E-state index in [0.717, 1.165) is 6.42 Å². The lowest BCUT2D eigenvalue weighted by Crippen LogP contribution is -2.53. The lowest BCUT2D eigenvalue weighted by atomic mass is 9.47. The zero-order chi connectivity index (χ0) is 26.4.